The molecule has 0 saturated heterocycles. The van der Waals surface area contributed by atoms with Crippen molar-refractivity contribution in [2.75, 3.05) is 0 Å². The van der Waals surface area contributed by atoms with Gasteiger partial charge >= 0.3 is 296 Å². The topological polar surface area (TPSA) is 560 Å². The molecule has 0 aromatic carbocycles. The number of carbonyl (C=O) groups is 15. The standard InChI is InChI=1S/15CH2O2.10Na.10H/c15*2-1-3;;;;;;;;;;;;;;;;;;;;/h15*1H,(H,2,3);;;;;;;;;;;;;;;;;;;;/q;;;;;;;;;;;;;;;10*+1;10*-1. The van der Waals surface area contributed by atoms with Gasteiger partial charge in [-0.25, -0.2) is 0 Å². The molecule has 0 saturated carbocycles. The Morgan fingerprint density at radius 1 is 0.145 bits per heavy atom. The van der Waals surface area contributed by atoms with E-state index in [9.17, 15) is 0 Å². The molecule has 0 atom stereocenters. The van der Waals surface area contributed by atoms with Crippen LogP contribution in [0.2, 0.25) is 0 Å². The second-order valence-electron chi connectivity index (χ2n) is 1.58. The minimum Gasteiger partial charge on any atom is -1.00 e. The molecule has 55 heavy (non-hydrogen) atoms. The second kappa shape index (κ2) is 584. The largest absolute Gasteiger partial charge is 1.00 e. The zero-order chi connectivity index (χ0) is 40.6. The quantitative estimate of drug-likeness (QED) is 0.0792. The van der Waals surface area contributed by atoms with Gasteiger partial charge in [-0.15, -0.1) is 0 Å². The number of rotatable bonds is 0. The molecular formula is C15H40Na10O30. The Balaban J connectivity index is -0.00000000440. The molecule has 30 nitrogen and oxygen atoms in total. The minimum absolute atomic E-state index is 0. The van der Waals surface area contributed by atoms with Gasteiger partial charge in [-0.05, 0) is 0 Å². The normalized spacial score (nSPS) is 3.27. The molecule has 0 radical (unpaired) electrons. The van der Waals surface area contributed by atoms with Crippen molar-refractivity contribution in [3.05, 3.63) is 0 Å². The third-order valence-corrected chi connectivity index (χ3v) is 0. The van der Waals surface area contributed by atoms with Crippen LogP contribution in [0.15, 0.2) is 0 Å². The molecule has 0 unspecified atom stereocenters. The van der Waals surface area contributed by atoms with E-state index in [4.69, 9.17) is 149 Å². The summed E-state index contributed by atoms with van der Waals surface area (Å²) in [6.45, 7) is -3.75. The molecule has 0 spiro atoms. The van der Waals surface area contributed by atoms with Crippen LogP contribution < -0.4 is 296 Å². The summed E-state index contributed by atoms with van der Waals surface area (Å²) in [4.78, 5) is 125. The molecule has 0 fully saturated rings. The summed E-state index contributed by atoms with van der Waals surface area (Å²) in [5, 5.41) is 103. The van der Waals surface area contributed by atoms with Crippen molar-refractivity contribution in [2.45, 2.75) is 0 Å². The Morgan fingerprint density at radius 3 is 0.145 bits per heavy atom. The zero-order valence-corrected chi connectivity index (χ0v) is 51.5. The van der Waals surface area contributed by atoms with Crippen LogP contribution in [0.5, 0.6) is 0 Å². The number of hydrogen-bond acceptors (Lipinski definition) is 15. The Kier molecular flexibility index (Phi) is 1850. The SMILES string of the molecule is O=CO.O=CO.O=CO.O=CO.O=CO.O=CO.O=CO.O=CO.O=CO.O=CO.O=CO.O=CO.O=CO.O=CO.O=CO.[H-].[H-].[H-].[H-].[H-].[H-].[H-].[H-].[H-].[H-].[Na+].[Na+].[Na+].[Na+].[Na+].[Na+].[Na+].[Na+].[Na+].[Na+]. The number of hydrogen-bond donors (Lipinski definition) is 15. The van der Waals surface area contributed by atoms with Gasteiger partial charge in [0.1, 0.15) is 0 Å². The fraction of sp³-hybridized carbons (Fsp3) is 0. The van der Waals surface area contributed by atoms with Crippen LogP contribution in [0.4, 0.5) is 0 Å². The summed E-state index contributed by atoms with van der Waals surface area (Å²) >= 11 is 0. The van der Waals surface area contributed by atoms with E-state index in [-0.39, 0.29) is 407 Å². The van der Waals surface area contributed by atoms with Crippen molar-refractivity contribution in [1.82, 2.24) is 0 Å². The first kappa shape index (κ1) is 174. The summed E-state index contributed by atoms with van der Waals surface area (Å²) in [6, 6.07) is 0. The van der Waals surface area contributed by atoms with E-state index >= 15 is 0 Å². The molecule has 15 N–H and O–H groups in total. The molecule has 0 aliphatic carbocycles. The summed E-state index contributed by atoms with van der Waals surface area (Å²) < 4.78 is 0. The van der Waals surface area contributed by atoms with E-state index in [0.717, 1.165) is 0 Å². The first-order valence-corrected chi connectivity index (χ1v) is 7.41. The molecule has 290 valence electrons. The molecule has 0 amide bonds. The maximum absolute atomic E-state index is 8.36. The van der Waals surface area contributed by atoms with Gasteiger partial charge in [-0.3, -0.25) is 71.9 Å². The van der Waals surface area contributed by atoms with Crippen LogP contribution in [-0.2, 0) is 71.9 Å². The fourth-order valence-corrected chi connectivity index (χ4v) is 0. The molecular weight excluding hydrogens is 890 g/mol. The van der Waals surface area contributed by atoms with Crippen molar-refractivity contribution >= 4 is 97.1 Å². The van der Waals surface area contributed by atoms with Gasteiger partial charge in [0.05, 0.1) is 0 Å². The molecule has 0 aliphatic heterocycles. The van der Waals surface area contributed by atoms with E-state index in [2.05, 4.69) is 0 Å². The first-order chi connectivity index (χ1) is 21.2. The van der Waals surface area contributed by atoms with Gasteiger partial charge in [0.15, 0.2) is 0 Å². The van der Waals surface area contributed by atoms with Crippen LogP contribution in [0.3, 0.4) is 0 Å². The molecule has 0 bridgehead atoms. The van der Waals surface area contributed by atoms with E-state index in [1.54, 1.807) is 0 Å². The van der Waals surface area contributed by atoms with Crippen LogP contribution >= 0.6 is 0 Å². The van der Waals surface area contributed by atoms with Crippen LogP contribution in [-0.4, -0.2) is 174 Å². The van der Waals surface area contributed by atoms with Crippen LogP contribution in [0.25, 0.3) is 0 Å². The Hall–Kier alpha value is 2.05. The Bertz CT molecular complexity index is 408. The summed E-state index contributed by atoms with van der Waals surface area (Å²) in [7, 11) is 0. The molecule has 0 rings (SSSR count). The molecule has 40 heteroatoms. The van der Waals surface area contributed by atoms with E-state index in [0.29, 0.717) is 0 Å². The third-order valence-electron chi connectivity index (χ3n) is 0. The van der Waals surface area contributed by atoms with Crippen molar-refractivity contribution in [3.63, 3.8) is 0 Å². The van der Waals surface area contributed by atoms with Gasteiger partial charge in [0.2, 0.25) is 0 Å². The average Bonchev–Trinajstić information content (AvgIpc) is 2.91. The van der Waals surface area contributed by atoms with Gasteiger partial charge in [0.25, 0.3) is 97.1 Å². The van der Waals surface area contributed by atoms with Crippen molar-refractivity contribution < 1.29 is 458 Å². The third kappa shape index (κ3) is 39000. The predicted molar refractivity (Wildman–Crippen MR) is 142 cm³/mol. The molecule has 0 heterocycles. The Morgan fingerprint density at radius 2 is 0.145 bits per heavy atom. The van der Waals surface area contributed by atoms with Crippen molar-refractivity contribution in [2.24, 2.45) is 0 Å². The molecule has 0 aromatic rings. The molecule has 0 aromatic heterocycles. The Labute approximate surface area is 545 Å². The smallest absolute Gasteiger partial charge is 1.00 e. The molecule has 0 aliphatic rings. The maximum Gasteiger partial charge on any atom is 1.00 e. The van der Waals surface area contributed by atoms with Gasteiger partial charge in [-0.1, -0.05) is 0 Å². The maximum atomic E-state index is 8.36. The first-order valence-electron chi connectivity index (χ1n) is 7.41. The van der Waals surface area contributed by atoms with E-state index < -0.39 is 0 Å². The van der Waals surface area contributed by atoms with Gasteiger partial charge in [-0.2, -0.15) is 0 Å². The van der Waals surface area contributed by atoms with Crippen LogP contribution in [0, 0.1) is 0 Å². The van der Waals surface area contributed by atoms with E-state index in [1.807, 2.05) is 0 Å². The minimum atomic E-state index is -0.250. The van der Waals surface area contributed by atoms with Crippen molar-refractivity contribution in [1.29, 1.82) is 0 Å². The fourth-order valence-electron chi connectivity index (χ4n) is 0. The van der Waals surface area contributed by atoms with Gasteiger partial charge in [0, 0.05) is 0 Å². The van der Waals surface area contributed by atoms with Crippen LogP contribution in [0.1, 0.15) is 14.3 Å². The summed E-state index contributed by atoms with van der Waals surface area (Å²) in [6.07, 6.45) is 0. The number of carboxylic acid groups (broad SMARTS) is 15. The van der Waals surface area contributed by atoms with Gasteiger partial charge < -0.3 is 90.9 Å². The predicted octanol–water partition coefficient (Wildman–Crippen LogP) is -33.3. The zero-order valence-electron chi connectivity index (χ0n) is 41.5. The monoisotopic (exact) mass is 930 g/mol. The second-order valence-corrected chi connectivity index (χ2v) is 1.58. The summed E-state index contributed by atoms with van der Waals surface area (Å²) in [5.41, 5.74) is 0. The average molecular weight is 930 g/mol. The summed E-state index contributed by atoms with van der Waals surface area (Å²) in [5.74, 6) is 0. The van der Waals surface area contributed by atoms with Crippen molar-refractivity contribution in [3.8, 4) is 0 Å². The van der Waals surface area contributed by atoms with E-state index in [1.165, 1.54) is 0 Å².